The van der Waals surface area contributed by atoms with Gasteiger partial charge in [0.1, 0.15) is 0 Å². The van der Waals surface area contributed by atoms with Crippen LogP contribution in [0.1, 0.15) is 5.56 Å². The Morgan fingerprint density at radius 1 is 1.62 bits per heavy atom. The number of hydrogen-bond donors (Lipinski definition) is 1. The van der Waals surface area contributed by atoms with E-state index in [1.165, 1.54) is 0 Å². The van der Waals surface area contributed by atoms with Crippen LogP contribution in [0.25, 0.3) is 0 Å². The van der Waals surface area contributed by atoms with Gasteiger partial charge in [0.2, 0.25) is 0 Å². The lowest BCUT2D eigenvalue weighted by molar-refractivity contribution is 1.37. The second-order valence-corrected chi connectivity index (χ2v) is 1.62. The third-order valence-electron chi connectivity index (χ3n) is 0.817. The van der Waals surface area contributed by atoms with Gasteiger partial charge in [-0.2, -0.15) is 0 Å². The van der Waals surface area contributed by atoms with Crippen molar-refractivity contribution in [3.8, 4) is 0 Å². The van der Waals surface area contributed by atoms with Crippen molar-refractivity contribution in [1.82, 2.24) is 4.98 Å². The first-order valence-corrected chi connectivity index (χ1v) is 2.64. The summed E-state index contributed by atoms with van der Waals surface area (Å²) in [4.78, 5) is 2.90. The fraction of sp³-hybridized carbons (Fsp3) is 0.200. The highest BCUT2D eigenvalue weighted by atomic mass is 35.5. The predicted molar refractivity (Wildman–Crippen MR) is 37.6 cm³/mol. The molecule has 3 heteroatoms. The Morgan fingerprint density at radius 3 is 2.62 bits per heavy atom. The zero-order valence-electron chi connectivity index (χ0n) is 4.23. The molecule has 8 heavy (non-hydrogen) atoms. The molecule has 1 aromatic heterocycles. The molecule has 1 rings (SSSR count). The highest BCUT2D eigenvalue weighted by molar-refractivity contribution is 6.17. The molecule has 0 saturated heterocycles. The summed E-state index contributed by atoms with van der Waals surface area (Å²) in [5.74, 6) is 0.601. The van der Waals surface area contributed by atoms with Crippen molar-refractivity contribution in [2.45, 2.75) is 5.88 Å². The summed E-state index contributed by atoms with van der Waals surface area (Å²) in [6.07, 6.45) is 3.74. The van der Waals surface area contributed by atoms with Crippen LogP contribution in [0, 0.1) is 0 Å². The Hall–Kier alpha value is -0.140. The molecule has 0 spiro atoms. The van der Waals surface area contributed by atoms with Crippen molar-refractivity contribution < 1.29 is 0 Å². The van der Waals surface area contributed by atoms with Gasteiger partial charge in [-0.05, 0) is 11.6 Å². The van der Waals surface area contributed by atoms with E-state index in [-0.39, 0.29) is 12.4 Å². The Balaban J connectivity index is 0.000000490. The summed E-state index contributed by atoms with van der Waals surface area (Å²) in [6, 6.07) is 1.95. The van der Waals surface area contributed by atoms with E-state index in [9.17, 15) is 0 Å². The van der Waals surface area contributed by atoms with Crippen molar-refractivity contribution in [2.24, 2.45) is 0 Å². The molecule has 0 aliphatic heterocycles. The van der Waals surface area contributed by atoms with Gasteiger partial charge in [0, 0.05) is 18.3 Å². The molecular weight excluding hydrogens is 145 g/mol. The van der Waals surface area contributed by atoms with E-state index in [0.29, 0.717) is 5.88 Å². The molecular formula is C5H7Cl2N. The molecule has 0 aromatic carbocycles. The van der Waals surface area contributed by atoms with Crippen LogP contribution in [0.5, 0.6) is 0 Å². The summed E-state index contributed by atoms with van der Waals surface area (Å²) < 4.78 is 0. The van der Waals surface area contributed by atoms with Crippen LogP contribution in [0.3, 0.4) is 0 Å². The molecule has 0 aliphatic carbocycles. The zero-order chi connectivity index (χ0) is 5.11. The van der Waals surface area contributed by atoms with Gasteiger partial charge >= 0.3 is 0 Å². The minimum absolute atomic E-state index is 0. The van der Waals surface area contributed by atoms with Gasteiger partial charge in [0.05, 0.1) is 0 Å². The fourth-order valence-electron chi connectivity index (χ4n) is 0.442. The van der Waals surface area contributed by atoms with Gasteiger partial charge in [-0.3, -0.25) is 0 Å². The quantitative estimate of drug-likeness (QED) is 0.593. The van der Waals surface area contributed by atoms with Gasteiger partial charge in [0.15, 0.2) is 0 Å². The van der Waals surface area contributed by atoms with Gasteiger partial charge in [-0.25, -0.2) is 0 Å². The average Bonchev–Trinajstić information content (AvgIpc) is 2.14. The Bertz CT molecular complexity index is 125. The van der Waals surface area contributed by atoms with Crippen molar-refractivity contribution in [2.75, 3.05) is 0 Å². The third kappa shape index (κ3) is 1.76. The van der Waals surface area contributed by atoms with Crippen LogP contribution in [0.2, 0.25) is 0 Å². The second kappa shape index (κ2) is 3.81. The van der Waals surface area contributed by atoms with E-state index in [1.54, 1.807) is 0 Å². The molecule has 1 N–H and O–H groups in total. The number of H-pyrrole nitrogens is 1. The number of hydrogen-bond acceptors (Lipinski definition) is 0. The maximum absolute atomic E-state index is 5.45. The van der Waals surface area contributed by atoms with E-state index in [4.69, 9.17) is 11.6 Å². The summed E-state index contributed by atoms with van der Waals surface area (Å²) >= 11 is 5.45. The molecule has 46 valence electrons. The van der Waals surface area contributed by atoms with Gasteiger partial charge < -0.3 is 4.98 Å². The van der Waals surface area contributed by atoms with Crippen molar-refractivity contribution in [3.05, 3.63) is 24.0 Å². The highest BCUT2D eigenvalue weighted by Gasteiger charge is 1.83. The molecule has 0 fully saturated rings. The molecule has 0 aliphatic rings. The predicted octanol–water partition coefficient (Wildman–Crippen LogP) is 2.18. The minimum atomic E-state index is 0. The van der Waals surface area contributed by atoms with Crippen LogP contribution in [-0.4, -0.2) is 4.98 Å². The summed E-state index contributed by atoms with van der Waals surface area (Å²) in [7, 11) is 0. The first kappa shape index (κ1) is 7.86. The minimum Gasteiger partial charge on any atom is -0.367 e. The van der Waals surface area contributed by atoms with Crippen molar-refractivity contribution in [3.63, 3.8) is 0 Å². The van der Waals surface area contributed by atoms with E-state index < -0.39 is 0 Å². The van der Waals surface area contributed by atoms with Crippen LogP contribution in [0.4, 0.5) is 0 Å². The smallest absolute Gasteiger partial charge is 0.0488 e. The first-order chi connectivity index (χ1) is 3.43. The number of nitrogens with one attached hydrogen (secondary N) is 1. The van der Waals surface area contributed by atoms with E-state index in [2.05, 4.69) is 4.98 Å². The lowest BCUT2D eigenvalue weighted by Gasteiger charge is -1.76. The Kier molecular flexibility index (Phi) is 3.75. The molecule has 1 heterocycles. The van der Waals surface area contributed by atoms with E-state index in [1.807, 2.05) is 18.5 Å². The maximum Gasteiger partial charge on any atom is 0.0488 e. The molecule has 1 aromatic rings. The molecule has 0 bridgehead atoms. The van der Waals surface area contributed by atoms with Crippen LogP contribution in [-0.2, 0) is 5.88 Å². The van der Waals surface area contributed by atoms with Crippen molar-refractivity contribution >= 4 is 24.0 Å². The Labute approximate surface area is 59.5 Å². The lowest BCUT2D eigenvalue weighted by atomic mass is 10.4. The number of halogens is 2. The maximum atomic E-state index is 5.45. The summed E-state index contributed by atoms with van der Waals surface area (Å²) in [5.41, 5.74) is 1.14. The van der Waals surface area contributed by atoms with Crippen LogP contribution >= 0.6 is 24.0 Å². The van der Waals surface area contributed by atoms with Gasteiger partial charge in [0.25, 0.3) is 0 Å². The fourth-order valence-corrected chi connectivity index (χ4v) is 0.608. The number of aromatic nitrogens is 1. The summed E-state index contributed by atoms with van der Waals surface area (Å²) in [5, 5.41) is 0. The Morgan fingerprint density at radius 2 is 2.38 bits per heavy atom. The second-order valence-electron chi connectivity index (χ2n) is 1.35. The number of rotatable bonds is 1. The number of alkyl halides is 1. The topological polar surface area (TPSA) is 15.8 Å². The van der Waals surface area contributed by atoms with E-state index in [0.717, 1.165) is 5.56 Å². The van der Waals surface area contributed by atoms with Crippen molar-refractivity contribution in [1.29, 1.82) is 0 Å². The average molecular weight is 152 g/mol. The van der Waals surface area contributed by atoms with Crippen LogP contribution < -0.4 is 0 Å². The molecule has 0 saturated carbocycles. The normalized spacial score (nSPS) is 8.12. The first-order valence-electron chi connectivity index (χ1n) is 2.11. The molecule has 0 unspecified atom stereocenters. The monoisotopic (exact) mass is 151 g/mol. The molecule has 1 nitrogen and oxygen atoms in total. The lowest BCUT2D eigenvalue weighted by Crippen LogP contribution is -1.63. The van der Waals surface area contributed by atoms with Gasteiger partial charge in [-0.15, -0.1) is 24.0 Å². The molecule has 0 amide bonds. The van der Waals surface area contributed by atoms with Crippen LogP contribution in [0.15, 0.2) is 18.5 Å². The third-order valence-corrected chi connectivity index (χ3v) is 1.13. The summed E-state index contributed by atoms with van der Waals surface area (Å²) in [6.45, 7) is 0. The highest BCUT2D eigenvalue weighted by Crippen LogP contribution is 1.98. The molecule has 0 atom stereocenters. The zero-order valence-corrected chi connectivity index (χ0v) is 5.80. The largest absolute Gasteiger partial charge is 0.367 e. The standard InChI is InChI=1S/C5H6ClN.ClH/c6-3-5-1-2-7-4-5;/h1-2,4,7H,3H2;1H. The number of aromatic amines is 1. The molecule has 0 radical (unpaired) electrons. The van der Waals surface area contributed by atoms with Gasteiger partial charge in [-0.1, -0.05) is 0 Å². The van der Waals surface area contributed by atoms with E-state index >= 15 is 0 Å². The SMILES string of the molecule is Cl.ClCc1cc[nH]c1.